The number of rotatable bonds is 8. The maximum Gasteiger partial charge on any atom is 0.237 e. The molecular formula is C25H34N4O2. The number of carbonyl (C=O) groups is 1. The minimum absolute atomic E-state index is 0.0111. The summed E-state index contributed by atoms with van der Waals surface area (Å²) in [5, 5.41) is 3.18. The molecule has 1 aromatic heterocycles. The molecule has 2 saturated heterocycles. The molecule has 2 aliphatic heterocycles. The maximum absolute atomic E-state index is 13.1. The van der Waals surface area contributed by atoms with Crippen molar-refractivity contribution in [2.45, 2.75) is 39.2 Å². The number of hydrogen-bond acceptors (Lipinski definition) is 5. The molecule has 2 fully saturated rings. The highest BCUT2D eigenvalue weighted by Crippen LogP contribution is 2.30. The van der Waals surface area contributed by atoms with Gasteiger partial charge in [-0.05, 0) is 68.1 Å². The fraction of sp³-hybridized carbons (Fsp3) is 0.520. The molecule has 166 valence electrons. The van der Waals surface area contributed by atoms with E-state index in [-0.39, 0.29) is 17.9 Å². The van der Waals surface area contributed by atoms with Gasteiger partial charge in [0, 0.05) is 38.1 Å². The molecule has 1 amide bonds. The summed E-state index contributed by atoms with van der Waals surface area (Å²) in [6.45, 7) is 9.42. The van der Waals surface area contributed by atoms with Gasteiger partial charge in [0.2, 0.25) is 5.91 Å². The van der Waals surface area contributed by atoms with E-state index in [4.69, 9.17) is 4.74 Å². The van der Waals surface area contributed by atoms with E-state index in [1.807, 2.05) is 36.4 Å². The topological polar surface area (TPSA) is 57.7 Å². The van der Waals surface area contributed by atoms with E-state index in [0.717, 1.165) is 62.1 Å². The Kier molecular flexibility index (Phi) is 7.20. The van der Waals surface area contributed by atoms with Crippen molar-refractivity contribution in [1.82, 2.24) is 15.2 Å². The van der Waals surface area contributed by atoms with Crippen molar-refractivity contribution in [3.8, 4) is 5.75 Å². The molecule has 0 radical (unpaired) electrons. The largest absolute Gasteiger partial charge is 0.490 e. The smallest absolute Gasteiger partial charge is 0.237 e. The van der Waals surface area contributed by atoms with Gasteiger partial charge in [-0.2, -0.15) is 0 Å². The highest BCUT2D eigenvalue weighted by atomic mass is 16.5. The molecule has 6 nitrogen and oxygen atoms in total. The van der Waals surface area contributed by atoms with Crippen LogP contribution >= 0.6 is 0 Å². The summed E-state index contributed by atoms with van der Waals surface area (Å²) in [6, 6.07) is 11.7. The lowest BCUT2D eigenvalue weighted by Crippen LogP contribution is -2.51. The molecule has 0 saturated carbocycles. The van der Waals surface area contributed by atoms with E-state index in [9.17, 15) is 4.79 Å². The molecular weight excluding hydrogens is 388 g/mol. The van der Waals surface area contributed by atoms with E-state index in [1.165, 1.54) is 13.0 Å². The second-order valence-electron chi connectivity index (χ2n) is 9.08. The first-order valence-electron chi connectivity index (χ1n) is 11.5. The summed E-state index contributed by atoms with van der Waals surface area (Å²) in [6.07, 6.45) is 7.11. The van der Waals surface area contributed by atoms with Gasteiger partial charge in [0.15, 0.2) is 0 Å². The van der Waals surface area contributed by atoms with Crippen LogP contribution in [0.1, 0.15) is 33.1 Å². The van der Waals surface area contributed by atoms with Crippen LogP contribution in [0.25, 0.3) is 0 Å². The standard InChI is InChI=1S/C25H34N4O2/c1-19(2)9-13-28-14-10-24(11-15-28)31-23-7-5-21(6-8-23)29(22-4-3-12-26-18-22)25(30)20-16-27-17-20/h3-8,12,18-20,24,27H,9-11,13-17H2,1-2H3. The predicted molar refractivity (Wildman–Crippen MR) is 124 cm³/mol. The quantitative estimate of drug-likeness (QED) is 0.700. The molecule has 6 heteroatoms. The first-order chi connectivity index (χ1) is 15.1. The molecule has 0 unspecified atom stereocenters. The zero-order valence-corrected chi connectivity index (χ0v) is 18.7. The Labute approximate surface area is 185 Å². The fourth-order valence-corrected chi connectivity index (χ4v) is 4.09. The third kappa shape index (κ3) is 5.63. The van der Waals surface area contributed by atoms with Crippen LogP contribution in [0.2, 0.25) is 0 Å². The lowest BCUT2D eigenvalue weighted by atomic mass is 10.0. The number of pyridine rings is 1. The summed E-state index contributed by atoms with van der Waals surface area (Å²) in [7, 11) is 0. The van der Waals surface area contributed by atoms with Crippen molar-refractivity contribution in [3.05, 3.63) is 48.8 Å². The minimum Gasteiger partial charge on any atom is -0.490 e. The van der Waals surface area contributed by atoms with Crippen LogP contribution in [0.3, 0.4) is 0 Å². The van der Waals surface area contributed by atoms with Gasteiger partial charge in [0.25, 0.3) is 0 Å². The van der Waals surface area contributed by atoms with Crippen molar-refractivity contribution in [2.24, 2.45) is 11.8 Å². The van der Waals surface area contributed by atoms with Gasteiger partial charge in [0.1, 0.15) is 11.9 Å². The molecule has 0 aliphatic carbocycles. The van der Waals surface area contributed by atoms with Crippen molar-refractivity contribution in [1.29, 1.82) is 0 Å². The Morgan fingerprint density at radius 3 is 2.48 bits per heavy atom. The van der Waals surface area contributed by atoms with Gasteiger partial charge in [-0.3, -0.25) is 14.7 Å². The monoisotopic (exact) mass is 422 g/mol. The number of amides is 1. The van der Waals surface area contributed by atoms with Crippen LogP contribution in [0, 0.1) is 11.8 Å². The molecule has 0 atom stereocenters. The number of benzene rings is 1. The molecule has 1 N–H and O–H groups in total. The number of hydrogen-bond donors (Lipinski definition) is 1. The Hall–Kier alpha value is -2.44. The number of aromatic nitrogens is 1. The molecule has 31 heavy (non-hydrogen) atoms. The summed E-state index contributed by atoms with van der Waals surface area (Å²) in [4.78, 5) is 21.6. The van der Waals surface area contributed by atoms with E-state index < -0.39 is 0 Å². The highest BCUT2D eigenvalue weighted by molar-refractivity contribution is 6.02. The maximum atomic E-state index is 13.1. The first-order valence-corrected chi connectivity index (χ1v) is 11.5. The van der Waals surface area contributed by atoms with Crippen LogP contribution in [0.4, 0.5) is 11.4 Å². The third-order valence-corrected chi connectivity index (χ3v) is 6.21. The van der Waals surface area contributed by atoms with Gasteiger partial charge in [-0.15, -0.1) is 0 Å². The number of ether oxygens (including phenoxy) is 1. The zero-order valence-electron chi connectivity index (χ0n) is 18.7. The van der Waals surface area contributed by atoms with Crippen molar-refractivity contribution >= 4 is 17.3 Å². The van der Waals surface area contributed by atoms with Crippen LogP contribution in [0.5, 0.6) is 5.75 Å². The van der Waals surface area contributed by atoms with E-state index in [2.05, 4.69) is 29.0 Å². The van der Waals surface area contributed by atoms with Crippen molar-refractivity contribution < 1.29 is 9.53 Å². The Bertz CT molecular complexity index is 828. The van der Waals surface area contributed by atoms with Gasteiger partial charge >= 0.3 is 0 Å². The third-order valence-electron chi connectivity index (χ3n) is 6.21. The SMILES string of the molecule is CC(C)CCN1CCC(Oc2ccc(N(C(=O)C3CNC3)c3cccnc3)cc2)CC1. The molecule has 2 aromatic rings. The molecule has 0 bridgehead atoms. The molecule has 4 rings (SSSR count). The Morgan fingerprint density at radius 2 is 1.90 bits per heavy atom. The van der Waals surface area contributed by atoms with E-state index in [0.29, 0.717) is 0 Å². The molecule has 2 aliphatic rings. The van der Waals surface area contributed by atoms with Crippen molar-refractivity contribution in [3.63, 3.8) is 0 Å². The second kappa shape index (κ2) is 10.2. The fourth-order valence-electron chi connectivity index (χ4n) is 4.09. The number of carbonyl (C=O) groups excluding carboxylic acids is 1. The summed E-state index contributed by atoms with van der Waals surface area (Å²) >= 11 is 0. The van der Waals surface area contributed by atoms with Crippen LogP contribution < -0.4 is 15.0 Å². The minimum atomic E-state index is 0.0111. The molecule has 0 spiro atoms. The average molecular weight is 423 g/mol. The summed E-state index contributed by atoms with van der Waals surface area (Å²) < 4.78 is 6.26. The number of anilines is 2. The normalized spacial score (nSPS) is 18.0. The Morgan fingerprint density at radius 1 is 1.16 bits per heavy atom. The van der Waals surface area contributed by atoms with Crippen LogP contribution in [0.15, 0.2) is 48.8 Å². The van der Waals surface area contributed by atoms with Crippen LogP contribution in [-0.2, 0) is 4.79 Å². The molecule has 3 heterocycles. The van der Waals surface area contributed by atoms with E-state index >= 15 is 0 Å². The van der Waals surface area contributed by atoms with Gasteiger partial charge in [0.05, 0.1) is 17.8 Å². The highest BCUT2D eigenvalue weighted by Gasteiger charge is 2.31. The van der Waals surface area contributed by atoms with Gasteiger partial charge in [-0.1, -0.05) is 13.8 Å². The average Bonchev–Trinajstić information content (AvgIpc) is 2.74. The summed E-state index contributed by atoms with van der Waals surface area (Å²) in [5.74, 6) is 1.74. The Balaban J connectivity index is 1.38. The lowest BCUT2D eigenvalue weighted by Gasteiger charge is -2.33. The second-order valence-corrected chi connectivity index (χ2v) is 9.08. The van der Waals surface area contributed by atoms with Crippen molar-refractivity contribution in [2.75, 3.05) is 37.6 Å². The summed E-state index contributed by atoms with van der Waals surface area (Å²) in [5.41, 5.74) is 1.64. The van der Waals surface area contributed by atoms with Gasteiger partial charge in [-0.25, -0.2) is 0 Å². The number of nitrogens with one attached hydrogen (secondary N) is 1. The number of likely N-dealkylation sites (tertiary alicyclic amines) is 1. The first kappa shape index (κ1) is 21.8. The zero-order chi connectivity index (χ0) is 21.6. The van der Waals surface area contributed by atoms with Gasteiger partial charge < -0.3 is 15.0 Å². The number of nitrogens with zero attached hydrogens (tertiary/aromatic N) is 3. The molecule has 1 aromatic carbocycles. The van der Waals surface area contributed by atoms with Crippen LogP contribution in [-0.4, -0.2) is 54.6 Å². The van der Waals surface area contributed by atoms with E-state index in [1.54, 1.807) is 17.3 Å². The lowest BCUT2D eigenvalue weighted by molar-refractivity contribution is -0.123. The predicted octanol–water partition coefficient (Wildman–Crippen LogP) is 3.86. The number of piperidine rings is 1.